The van der Waals surface area contributed by atoms with Crippen molar-refractivity contribution >= 4 is 5.88 Å². The normalized spacial score (nSPS) is 11.2. The topological polar surface area (TPSA) is 52.0 Å². The second kappa shape index (κ2) is 6.60. The highest BCUT2D eigenvalue weighted by Crippen LogP contribution is 2.37. The number of aryl methyl sites for hydroxylation is 1. The van der Waals surface area contributed by atoms with Crippen molar-refractivity contribution in [2.45, 2.75) is 52.4 Å². The molecule has 2 rings (SSSR count). The maximum absolute atomic E-state index is 6.02. The molecule has 3 nitrogen and oxygen atoms in total. The van der Waals surface area contributed by atoms with Gasteiger partial charge in [-0.15, -0.1) is 0 Å². The van der Waals surface area contributed by atoms with Crippen molar-refractivity contribution in [3.05, 3.63) is 35.5 Å². The first-order chi connectivity index (χ1) is 9.67. The van der Waals surface area contributed by atoms with Crippen molar-refractivity contribution < 1.29 is 4.52 Å². The molecular weight excluding hydrogens is 248 g/mol. The predicted octanol–water partition coefficient (Wildman–Crippen LogP) is 4.92. The van der Waals surface area contributed by atoms with E-state index in [1.165, 1.54) is 5.56 Å². The lowest BCUT2D eigenvalue weighted by molar-refractivity contribution is 0.411. The van der Waals surface area contributed by atoms with Crippen LogP contribution in [0.4, 0.5) is 5.88 Å². The first kappa shape index (κ1) is 14.6. The number of aromatic nitrogens is 1. The van der Waals surface area contributed by atoms with Gasteiger partial charge in [-0.2, -0.15) is 0 Å². The zero-order chi connectivity index (χ0) is 14.5. The fourth-order valence-corrected chi connectivity index (χ4v) is 2.80. The van der Waals surface area contributed by atoms with Crippen LogP contribution in [0.3, 0.4) is 0 Å². The molecule has 0 saturated heterocycles. The van der Waals surface area contributed by atoms with Gasteiger partial charge in [0.05, 0.1) is 11.3 Å². The standard InChI is InChI=1S/C17H24N2O/c1-4-7-13(8-5-2)16-15(17(18)20-19-16)14-10-6-9-12(3)11-14/h6,9-11,13H,4-5,7-8,18H2,1-3H3. The van der Waals surface area contributed by atoms with Crippen molar-refractivity contribution in [2.75, 3.05) is 5.73 Å². The first-order valence-corrected chi connectivity index (χ1v) is 7.49. The molecule has 0 atom stereocenters. The van der Waals surface area contributed by atoms with Gasteiger partial charge in [-0.25, -0.2) is 0 Å². The summed E-state index contributed by atoms with van der Waals surface area (Å²) < 4.78 is 5.29. The molecule has 0 aliphatic rings. The molecule has 1 aromatic heterocycles. The van der Waals surface area contributed by atoms with Crippen LogP contribution >= 0.6 is 0 Å². The summed E-state index contributed by atoms with van der Waals surface area (Å²) in [6, 6.07) is 8.35. The summed E-state index contributed by atoms with van der Waals surface area (Å²) in [5.41, 5.74) is 10.4. The highest BCUT2D eigenvalue weighted by atomic mass is 16.5. The fourth-order valence-electron chi connectivity index (χ4n) is 2.80. The maximum atomic E-state index is 6.02. The van der Waals surface area contributed by atoms with Crippen molar-refractivity contribution in [2.24, 2.45) is 0 Å². The first-order valence-electron chi connectivity index (χ1n) is 7.49. The number of nitrogens with two attached hydrogens (primary N) is 1. The molecule has 2 N–H and O–H groups in total. The van der Waals surface area contributed by atoms with E-state index in [4.69, 9.17) is 10.3 Å². The highest BCUT2D eigenvalue weighted by Gasteiger charge is 2.22. The molecule has 0 unspecified atom stereocenters. The van der Waals surface area contributed by atoms with Crippen molar-refractivity contribution in [3.63, 3.8) is 0 Å². The molecule has 0 aliphatic heterocycles. The monoisotopic (exact) mass is 272 g/mol. The largest absolute Gasteiger partial charge is 0.367 e. The number of anilines is 1. The van der Waals surface area contributed by atoms with E-state index in [-0.39, 0.29) is 0 Å². The Balaban J connectivity index is 2.45. The van der Waals surface area contributed by atoms with Crippen LogP contribution in [0.5, 0.6) is 0 Å². The average Bonchev–Trinajstić information content (AvgIpc) is 2.80. The van der Waals surface area contributed by atoms with Crippen LogP contribution < -0.4 is 5.73 Å². The molecular formula is C17H24N2O. The quantitative estimate of drug-likeness (QED) is 0.812. The van der Waals surface area contributed by atoms with Crippen molar-refractivity contribution in [1.29, 1.82) is 0 Å². The van der Waals surface area contributed by atoms with E-state index in [9.17, 15) is 0 Å². The summed E-state index contributed by atoms with van der Waals surface area (Å²) in [6.07, 6.45) is 4.53. The van der Waals surface area contributed by atoms with Gasteiger partial charge >= 0.3 is 0 Å². The molecule has 0 amide bonds. The zero-order valence-electron chi connectivity index (χ0n) is 12.6. The van der Waals surface area contributed by atoms with E-state index in [0.29, 0.717) is 11.8 Å². The lowest BCUT2D eigenvalue weighted by Crippen LogP contribution is -2.01. The van der Waals surface area contributed by atoms with E-state index < -0.39 is 0 Å². The van der Waals surface area contributed by atoms with Crippen LogP contribution in [0.25, 0.3) is 11.1 Å². The van der Waals surface area contributed by atoms with Crippen LogP contribution in [-0.2, 0) is 0 Å². The SMILES string of the molecule is CCCC(CCC)c1noc(N)c1-c1cccc(C)c1. The van der Waals surface area contributed by atoms with Gasteiger partial charge in [0.15, 0.2) is 0 Å². The van der Waals surface area contributed by atoms with Crippen LogP contribution in [0.2, 0.25) is 0 Å². The molecule has 0 fully saturated rings. The Kier molecular flexibility index (Phi) is 4.83. The highest BCUT2D eigenvalue weighted by molar-refractivity contribution is 5.75. The zero-order valence-corrected chi connectivity index (χ0v) is 12.6. The molecule has 20 heavy (non-hydrogen) atoms. The number of rotatable bonds is 6. The van der Waals surface area contributed by atoms with Gasteiger partial charge in [0, 0.05) is 5.92 Å². The number of hydrogen-bond donors (Lipinski definition) is 1. The van der Waals surface area contributed by atoms with Gasteiger partial charge in [-0.05, 0) is 25.3 Å². The van der Waals surface area contributed by atoms with Crippen LogP contribution in [0.1, 0.15) is 56.7 Å². The Morgan fingerprint density at radius 2 is 1.90 bits per heavy atom. The molecule has 0 aliphatic carbocycles. The Bertz CT molecular complexity index is 554. The van der Waals surface area contributed by atoms with Crippen molar-refractivity contribution in [1.82, 2.24) is 5.16 Å². The Morgan fingerprint density at radius 3 is 2.50 bits per heavy atom. The summed E-state index contributed by atoms with van der Waals surface area (Å²) in [5, 5.41) is 4.26. The van der Waals surface area contributed by atoms with Crippen LogP contribution in [0.15, 0.2) is 28.8 Å². The van der Waals surface area contributed by atoms with Crippen LogP contribution in [0, 0.1) is 6.92 Å². The number of nitrogens with zero attached hydrogens (tertiary/aromatic N) is 1. The van der Waals surface area contributed by atoms with E-state index in [2.05, 4.69) is 50.2 Å². The smallest absolute Gasteiger partial charge is 0.230 e. The number of nitrogen functional groups attached to an aromatic ring is 1. The average molecular weight is 272 g/mol. The lowest BCUT2D eigenvalue weighted by Gasteiger charge is -2.14. The van der Waals surface area contributed by atoms with Gasteiger partial charge in [0.2, 0.25) is 5.88 Å². The van der Waals surface area contributed by atoms with Gasteiger partial charge < -0.3 is 10.3 Å². The second-order valence-electron chi connectivity index (χ2n) is 5.45. The molecule has 0 saturated carbocycles. The molecule has 3 heteroatoms. The van der Waals surface area contributed by atoms with Crippen LogP contribution in [-0.4, -0.2) is 5.16 Å². The Labute approximate surface area is 121 Å². The fraction of sp³-hybridized carbons (Fsp3) is 0.471. The van der Waals surface area contributed by atoms with E-state index in [1.807, 2.05) is 0 Å². The predicted molar refractivity (Wildman–Crippen MR) is 83.6 cm³/mol. The van der Waals surface area contributed by atoms with Gasteiger partial charge in [-0.1, -0.05) is 61.7 Å². The van der Waals surface area contributed by atoms with E-state index in [0.717, 1.165) is 42.5 Å². The molecule has 0 radical (unpaired) electrons. The summed E-state index contributed by atoms with van der Waals surface area (Å²) in [7, 11) is 0. The second-order valence-corrected chi connectivity index (χ2v) is 5.45. The number of benzene rings is 1. The van der Waals surface area contributed by atoms with Gasteiger partial charge in [-0.3, -0.25) is 0 Å². The molecule has 0 spiro atoms. The third-order valence-electron chi connectivity index (χ3n) is 3.71. The van der Waals surface area contributed by atoms with E-state index >= 15 is 0 Å². The van der Waals surface area contributed by atoms with Crippen molar-refractivity contribution in [3.8, 4) is 11.1 Å². The minimum absolute atomic E-state index is 0.432. The summed E-state index contributed by atoms with van der Waals surface area (Å²) in [6.45, 7) is 6.50. The Morgan fingerprint density at radius 1 is 1.20 bits per heavy atom. The third-order valence-corrected chi connectivity index (χ3v) is 3.71. The van der Waals surface area contributed by atoms with Gasteiger partial charge in [0.25, 0.3) is 0 Å². The maximum Gasteiger partial charge on any atom is 0.230 e. The molecule has 1 aromatic carbocycles. The third kappa shape index (κ3) is 3.03. The lowest BCUT2D eigenvalue weighted by atomic mass is 9.90. The molecule has 1 heterocycles. The minimum Gasteiger partial charge on any atom is -0.367 e. The number of hydrogen-bond acceptors (Lipinski definition) is 3. The molecule has 0 bridgehead atoms. The summed E-state index contributed by atoms with van der Waals surface area (Å²) >= 11 is 0. The minimum atomic E-state index is 0.432. The molecule has 2 aromatic rings. The summed E-state index contributed by atoms with van der Waals surface area (Å²) in [5.74, 6) is 0.865. The summed E-state index contributed by atoms with van der Waals surface area (Å²) in [4.78, 5) is 0. The van der Waals surface area contributed by atoms with Gasteiger partial charge in [0.1, 0.15) is 0 Å². The van der Waals surface area contributed by atoms with E-state index in [1.54, 1.807) is 0 Å². The molecule has 108 valence electrons. The Hall–Kier alpha value is -1.77.